The van der Waals surface area contributed by atoms with Gasteiger partial charge in [-0.25, -0.2) is 0 Å². The zero-order chi connectivity index (χ0) is 14.8. The predicted molar refractivity (Wildman–Crippen MR) is 83.1 cm³/mol. The van der Waals surface area contributed by atoms with Crippen molar-refractivity contribution in [2.75, 3.05) is 14.2 Å². The summed E-state index contributed by atoms with van der Waals surface area (Å²) in [5.41, 5.74) is 1.59. The fourth-order valence-electron chi connectivity index (χ4n) is 2.29. The maximum atomic E-state index is 12.2. The molecule has 0 unspecified atom stereocenters. The molecule has 0 amide bonds. The van der Waals surface area contributed by atoms with E-state index in [1.807, 2.05) is 42.5 Å². The minimum absolute atomic E-state index is 0.128. The van der Waals surface area contributed by atoms with Crippen molar-refractivity contribution in [3.05, 3.63) is 58.9 Å². The molecule has 0 aliphatic carbocycles. The van der Waals surface area contributed by atoms with Crippen LogP contribution in [-0.4, -0.2) is 19.2 Å². The number of aromatic amines is 1. The van der Waals surface area contributed by atoms with E-state index in [1.54, 1.807) is 20.3 Å². The third-order valence-electron chi connectivity index (χ3n) is 3.45. The highest BCUT2D eigenvalue weighted by Gasteiger charge is 2.05. The lowest BCUT2D eigenvalue weighted by Gasteiger charge is -2.06. The van der Waals surface area contributed by atoms with Gasteiger partial charge in [0.25, 0.3) is 5.56 Å². The lowest BCUT2D eigenvalue weighted by Crippen LogP contribution is -2.07. The Hall–Kier alpha value is -2.75. The van der Waals surface area contributed by atoms with Crippen LogP contribution in [0.25, 0.3) is 22.0 Å². The van der Waals surface area contributed by atoms with Crippen LogP contribution in [0.15, 0.2) is 53.3 Å². The van der Waals surface area contributed by atoms with Gasteiger partial charge in [-0.2, -0.15) is 0 Å². The van der Waals surface area contributed by atoms with Crippen molar-refractivity contribution in [3.63, 3.8) is 0 Å². The van der Waals surface area contributed by atoms with E-state index in [0.29, 0.717) is 11.1 Å². The fourth-order valence-corrected chi connectivity index (χ4v) is 2.29. The molecule has 0 saturated heterocycles. The first kappa shape index (κ1) is 13.2. The number of methoxy groups -OCH3 is 2. The summed E-state index contributed by atoms with van der Waals surface area (Å²) in [6.07, 6.45) is 0. The van der Waals surface area contributed by atoms with Gasteiger partial charge in [0, 0.05) is 5.69 Å². The average Bonchev–Trinajstić information content (AvgIpc) is 2.54. The van der Waals surface area contributed by atoms with Crippen molar-refractivity contribution in [2.24, 2.45) is 0 Å². The van der Waals surface area contributed by atoms with E-state index in [4.69, 9.17) is 9.47 Å². The summed E-state index contributed by atoms with van der Waals surface area (Å²) in [6, 6.07) is 15.0. The molecule has 1 N–H and O–H groups in total. The van der Waals surface area contributed by atoms with Gasteiger partial charge in [-0.05, 0) is 53.4 Å². The van der Waals surface area contributed by atoms with Gasteiger partial charge >= 0.3 is 0 Å². The summed E-state index contributed by atoms with van der Waals surface area (Å²) < 4.78 is 10.3. The minimum Gasteiger partial charge on any atom is -0.497 e. The highest BCUT2D eigenvalue weighted by molar-refractivity contribution is 5.86. The van der Waals surface area contributed by atoms with Crippen LogP contribution < -0.4 is 15.0 Å². The van der Waals surface area contributed by atoms with Gasteiger partial charge in [0.1, 0.15) is 11.5 Å². The molecule has 0 saturated carbocycles. The fraction of sp³-hybridized carbons (Fsp3) is 0.118. The van der Waals surface area contributed by atoms with Crippen molar-refractivity contribution in [1.82, 2.24) is 4.98 Å². The minimum atomic E-state index is -0.128. The van der Waals surface area contributed by atoms with Gasteiger partial charge in [-0.3, -0.25) is 4.79 Å². The van der Waals surface area contributed by atoms with Gasteiger partial charge < -0.3 is 14.5 Å². The van der Waals surface area contributed by atoms with E-state index in [1.165, 1.54) is 0 Å². The van der Waals surface area contributed by atoms with Gasteiger partial charge in [0.15, 0.2) is 0 Å². The number of H-pyrrole nitrogens is 1. The molecule has 2 aromatic carbocycles. The second-order valence-electron chi connectivity index (χ2n) is 4.69. The largest absolute Gasteiger partial charge is 0.497 e. The molecule has 1 aromatic heterocycles. The van der Waals surface area contributed by atoms with Crippen LogP contribution in [-0.2, 0) is 0 Å². The number of pyridine rings is 1. The van der Waals surface area contributed by atoms with Gasteiger partial charge in [0.05, 0.1) is 19.6 Å². The first-order chi connectivity index (χ1) is 10.2. The molecule has 106 valence electrons. The Balaban J connectivity index is 2.13. The number of nitrogens with one attached hydrogen (secondary N) is 1. The van der Waals surface area contributed by atoms with E-state index in [2.05, 4.69) is 4.98 Å². The van der Waals surface area contributed by atoms with Gasteiger partial charge in [-0.15, -0.1) is 0 Å². The van der Waals surface area contributed by atoms with Crippen LogP contribution in [0.3, 0.4) is 0 Å². The van der Waals surface area contributed by atoms with E-state index in [0.717, 1.165) is 22.4 Å². The SMILES string of the molecule is COc1ccc(-c2cc3ccc(OC)cc3c(=O)[nH]2)cc1. The highest BCUT2D eigenvalue weighted by Crippen LogP contribution is 2.24. The number of ether oxygens (including phenoxy) is 2. The van der Waals surface area contributed by atoms with E-state index in [-0.39, 0.29) is 5.56 Å². The standard InChI is InChI=1S/C17H15NO3/c1-20-13-6-3-11(4-7-13)16-9-12-5-8-14(21-2)10-15(12)17(19)18-16/h3-10H,1-2H3,(H,18,19). The summed E-state index contributed by atoms with van der Waals surface area (Å²) in [7, 11) is 3.21. The Kier molecular flexibility index (Phi) is 3.36. The average molecular weight is 281 g/mol. The molecule has 0 aliphatic rings. The maximum Gasteiger partial charge on any atom is 0.256 e. The quantitative estimate of drug-likeness (QED) is 0.802. The third-order valence-corrected chi connectivity index (χ3v) is 3.45. The molecule has 0 aliphatic heterocycles. The topological polar surface area (TPSA) is 51.3 Å². The second-order valence-corrected chi connectivity index (χ2v) is 4.69. The Morgan fingerprint density at radius 2 is 1.52 bits per heavy atom. The number of hydrogen-bond donors (Lipinski definition) is 1. The van der Waals surface area contributed by atoms with Crippen molar-refractivity contribution < 1.29 is 9.47 Å². The van der Waals surface area contributed by atoms with E-state index in [9.17, 15) is 4.79 Å². The van der Waals surface area contributed by atoms with Gasteiger partial charge in [0.2, 0.25) is 0 Å². The second kappa shape index (κ2) is 5.32. The molecular formula is C17H15NO3. The molecule has 21 heavy (non-hydrogen) atoms. The monoisotopic (exact) mass is 281 g/mol. The first-order valence-electron chi connectivity index (χ1n) is 6.57. The predicted octanol–water partition coefficient (Wildman–Crippen LogP) is 3.21. The first-order valence-corrected chi connectivity index (χ1v) is 6.57. The van der Waals surface area contributed by atoms with Gasteiger partial charge in [-0.1, -0.05) is 6.07 Å². The molecule has 1 heterocycles. The summed E-state index contributed by atoms with van der Waals surface area (Å²) in [6.45, 7) is 0. The summed E-state index contributed by atoms with van der Waals surface area (Å²) in [5.74, 6) is 1.46. The molecule has 4 heteroatoms. The summed E-state index contributed by atoms with van der Waals surface area (Å²) in [4.78, 5) is 15.1. The lowest BCUT2D eigenvalue weighted by molar-refractivity contribution is 0.415. The van der Waals surface area contributed by atoms with Crippen molar-refractivity contribution in [1.29, 1.82) is 0 Å². The Labute approximate surface area is 122 Å². The molecular weight excluding hydrogens is 266 g/mol. The van der Waals surface area contributed by atoms with Crippen LogP contribution in [0, 0.1) is 0 Å². The van der Waals surface area contributed by atoms with Crippen molar-refractivity contribution in [3.8, 4) is 22.8 Å². The number of benzene rings is 2. The molecule has 0 radical (unpaired) electrons. The van der Waals surface area contributed by atoms with Crippen LogP contribution in [0.1, 0.15) is 0 Å². The molecule has 3 rings (SSSR count). The Bertz CT molecular complexity index is 835. The molecule has 0 bridgehead atoms. The number of hydrogen-bond acceptors (Lipinski definition) is 3. The summed E-state index contributed by atoms with van der Waals surface area (Å²) >= 11 is 0. The van der Waals surface area contributed by atoms with Crippen molar-refractivity contribution in [2.45, 2.75) is 0 Å². The highest BCUT2D eigenvalue weighted by atomic mass is 16.5. The van der Waals surface area contributed by atoms with E-state index >= 15 is 0 Å². The maximum absolute atomic E-state index is 12.2. The third kappa shape index (κ3) is 2.48. The van der Waals surface area contributed by atoms with Crippen LogP contribution in [0.5, 0.6) is 11.5 Å². The molecule has 0 spiro atoms. The molecule has 0 atom stereocenters. The number of fused-ring (bicyclic) bond motifs is 1. The van der Waals surface area contributed by atoms with Crippen LogP contribution in [0.2, 0.25) is 0 Å². The smallest absolute Gasteiger partial charge is 0.256 e. The number of aromatic nitrogens is 1. The lowest BCUT2D eigenvalue weighted by atomic mass is 10.1. The van der Waals surface area contributed by atoms with E-state index < -0.39 is 0 Å². The molecule has 3 aromatic rings. The van der Waals surface area contributed by atoms with Crippen molar-refractivity contribution >= 4 is 10.8 Å². The zero-order valence-corrected chi connectivity index (χ0v) is 11.8. The zero-order valence-electron chi connectivity index (χ0n) is 11.8. The molecule has 0 fully saturated rings. The molecule has 4 nitrogen and oxygen atoms in total. The summed E-state index contributed by atoms with van der Waals surface area (Å²) in [5, 5.41) is 1.50. The number of rotatable bonds is 3. The Morgan fingerprint density at radius 1 is 0.857 bits per heavy atom. The van der Waals surface area contributed by atoms with Crippen LogP contribution in [0.4, 0.5) is 0 Å². The van der Waals surface area contributed by atoms with Crippen LogP contribution >= 0.6 is 0 Å². The Morgan fingerprint density at radius 3 is 2.19 bits per heavy atom. The normalized spacial score (nSPS) is 10.6.